The van der Waals surface area contributed by atoms with Gasteiger partial charge in [-0.1, -0.05) is 36.7 Å². The molecule has 3 unspecified atom stereocenters. The molecule has 0 spiro atoms. The number of methoxy groups -OCH3 is 1. The van der Waals surface area contributed by atoms with Crippen molar-refractivity contribution in [2.75, 3.05) is 7.11 Å². The molecule has 0 saturated carbocycles. The summed E-state index contributed by atoms with van der Waals surface area (Å²) in [5.41, 5.74) is 0. The molecule has 0 aromatic heterocycles. The summed E-state index contributed by atoms with van der Waals surface area (Å²) in [5, 5.41) is -0.0576. The van der Waals surface area contributed by atoms with Crippen molar-refractivity contribution in [1.82, 2.24) is 0 Å². The highest BCUT2D eigenvalue weighted by Gasteiger charge is 2.41. The zero-order valence-corrected chi connectivity index (χ0v) is 10.6. The minimum atomic E-state index is -0.435. The van der Waals surface area contributed by atoms with Crippen LogP contribution in [0.5, 0.6) is 0 Å². The van der Waals surface area contributed by atoms with E-state index in [4.69, 9.17) is 9.47 Å². The van der Waals surface area contributed by atoms with Gasteiger partial charge in [0.05, 0.1) is 7.11 Å². The number of hydrogen-bond donors (Lipinski definition) is 0. The molecule has 0 amide bonds. The lowest BCUT2D eigenvalue weighted by Crippen LogP contribution is -2.46. The number of ether oxygens (including phenoxy) is 2. The van der Waals surface area contributed by atoms with Crippen LogP contribution < -0.4 is 0 Å². The molecule has 0 radical (unpaired) electrons. The number of rotatable bonds is 1. The Hall–Kier alpha value is -0.0900. The molecule has 14 heavy (non-hydrogen) atoms. The minimum Gasteiger partial charge on any atom is -0.467 e. The monoisotopic (exact) mass is 264 g/mol. The number of esters is 1. The fourth-order valence-electron chi connectivity index (χ4n) is 1.77. The maximum Gasteiger partial charge on any atom is 0.335 e. The quantitative estimate of drug-likeness (QED) is 0.538. The van der Waals surface area contributed by atoms with Gasteiger partial charge in [-0.15, -0.1) is 0 Å². The van der Waals surface area contributed by atoms with Gasteiger partial charge in [0.2, 0.25) is 0 Å². The zero-order valence-electron chi connectivity index (χ0n) is 8.99. The lowest BCUT2D eigenvalue weighted by atomic mass is 9.80. The van der Waals surface area contributed by atoms with E-state index in [1.54, 1.807) is 0 Å². The van der Waals surface area contributed by atoms with Crippen molar-refractivity contribution in [2.45, 2.75) is 31.9 Å². The topological polar surface area (TPSA) is 35.5 Å². The standard InChI is InChI=1S/C10H17BrO3/c1-5-6(2)8(10(12)13-4)14-9(11)7(5)3/h5-9H,1-4H3/t5?,6-,7?,8?,9-/m0/s1. The Bertz CT molecular complexity index is 219. The van der Waals surface area contributed by atoms with Crippen molar-refractivity contribution in [1.29, 1.82) is 0 Å². The van der Waals surface area contributed by atoms with Gasteiger partial charge >= 0.3 is 5.97 Å². The normalized spacial score (nSPS) is 43.4. The second-order valence-electron chi connectivity index (χ2n) is 4.01. The maximum absolute atomic E-state index is 11.4. The van der Waals surface area contributed by atoms with E-state index in [2.05, 4.69) is 29.8 Å². The van der Waals surface area contributed by atoms with Crippen LogP contribution in [-0.4, -0.2) is 24.2 Å². The highest BCUT2D eigenvalue weighted by Crippen LogP contribution is 2.37. The summed E-state index contributed by atoms with van der Waals surface area (Å²) >= 11 is 3.43. The lowest BCUT2D eigenvalue weighted by molar-refractivity contribution is -0.170. The minimum absolute atomic E-state index is 0.0576. The van der Waals surface area contributed by atoms with Crippen molar-refractivity contribution in [2.24, 2.45) is 17.8 Å². The molecular formula is C10H17BrO3. The first-order chi connectivity index (χ1) is 6.49. The molecule has 1 fully saturated rings. The molecule has 82 valence electrons. The molecule has 3 nitrogen and oxygen atoms in total. The number of carbonyl (C=O) groups is 1. The fourth-order valence-corrected chi connectivity index (χ4v) is 2.48. The van der Waals surface area contributed by atoms with E-state index in [-0.39, 0.29) is 16.9 Å². The summed E-state index contributed by atoms with van der Waals surface area (Å²) in [7, 11) is 1.39. The van der Waals surface area contributed by atoms with Crippen LogP contribution >= 0.6 is 15.9 Å². The van der Waals surface area contributed by atoms with E-state index < -0.39 is 6.10 Å². The first-order valence-electron chi connectivity index (χ1n) is 4.86. The molecule has 1 rings (SSSR count). The second kappa shape index (κ2) is 4.62. The Morgan fingerprint density at radius 1 is 1.21 bits per heavy atom. The van der Waals surface area contributed by atoms with Crippen LogP contribution in [0.15, 0.2) is 0 Å². The summed E-state index contributed by atoms with van der Waals surface area (Å²) in [6.07, 6.45) is -0.435. The molecule has 1 saturated heterocycles. The van der Waals surface area contributed by atoms with Crippen molar-refractivity contribution >= 4 is 21.9 Å². The Balaban J connectivity index is 2.75. The van der Waals surface area contributed by atoms with Gasteiger partial charge in [-0.25, -0.2) is 4.79 Å². The Morgan fingerprint density at radius 3 is 2.29 bits per heavy atom. The zero-order chi connectivity index (χ0) is 10.9. The van der Waals surface area contributed by atoms with Gasteiger partial charge in [-0.2, -0.15) is 0 Å². The van der Waals surface area contributed by atoms with Crippen LogP contribution in [0.25, 0.3) is 0 Å². The highest BCUT2D eigenvalue weighted by molar-refractivity contribution is 9.09. The lowest BCUT2D eigenvalue weighted by Gasteiger charge is -2.40. The van der Waals surface area contributed by atoms with Crippen molar-refractivity contribution < 1.29 is 14.3 Å². The average molecular weight is 265 g/mol. The first-order valence-corrected chi connectivity index (χ1v) is 5.78. The van der Waals surface area contributed by atoms with Crippen LogP contribution in [0.2, 0.25) is 0 Å². The molecule has 0 N–H and O–H groups in total. The number of hydrogen-bond acceptors (Lipinski definition) is 3. The third kappa shape index (κ3) is 2.11. The Labute approximate surface area is 93.3 Å². The van der Waals surface area contributed by atoms with Crippen LogP contribution in [-0.2, 0) is 14.3 Å². The highest BCUT2D eigenvalue weighted by atomic mass is 79.9. The van der Waals surface area contributed by atoms with E-state index in [1.165, 1.54) is 7.11 Å². The van der Waals surface area contributed by atoms with Gasteiger partial charge < -0.3 is 9.47 Å². The fraction of sp³-hybridized carbons (Fsp3) is 0.900. The molecule has 0 aromatic carbocycles. The molecule has 1 heterocycles. The van der Waals surface area contributed by atoms with Crippen LogP contribution in [0.1, 0.15) is 20.8 Å². The smallest absolute Gasteiger partial charge is 0.335 e. The van der Waals surface area contributed by atoms with Gasteiger partial charge in [0.25, 0.3) is 0 Å². The van der Waals surface area contributed by atoms with Crippen molar-refractivity contribution in [3.8, 4) is 0 Å². The Morgan fingerprint density at radius 2 is 1.79 bits per heavy atom. The largest absolute Gasteiger partial charge is 0.467 e. The van der Waals surface area contributed by atoms with Gasteiger partial charge in [-0.3, -0.25) is 0 Å². The van der Waals surface area contributed by atoms with E-state index in [0.717, 1.165) is 0 Å². The van der Waals surface area contributed by atoms with Crippen molar-refractivity contribution in [3.05, 3.63) is 0 Å². The molecule has 1 aliphatic heterocycles. The van der Waals surface area contributed by atoms with E-state index in [0.29, 0.717) is 11.8 Å². The van der Waals surface area contributed by atoms with Gasteiger partial charge in [0, 0.05) is 0 Å². The number of alkyl halides is 1. The van der Waals surface area contributed by atoms with E-state index >= 15 is 0 Å². The molecule has 1 aliphatic rings. The number of halogens is 1. The van der Waals surface area contributed by atoms with Crippen LogP contribution in [0.4, 0.5) is 0 Å². The molecular weight excluding hydrogens is 248 g/mol. The summed E-state index contributed by atoms with van der Waals surface area (Å²) in [6.45, 7) is 6.29. The third-order valence-electron chi connectivity index (χ3n) is 3.26. The summed E-state index contributed by atoms with van der Waals surface area (Å²) < 4.78 is 10.3. The van der Waals surface area contributed by atoms with E-state index in [9.17, 15) is 4.79 Å². The SMILES string of the molecule is COC(=O)C1O[C@H](Br)C(C)C(C)[C@@H]1C. The molecule has 0 aliphatic carbocycles. The van der Waals surface area contributed by atoms with Gasteiger partial charge in [-0.05, 0) is 17.8 Å². The predicted octanol–water partition coefficient (Wildman–Crippen LogP) is 2.19. The maximum atomic E-state index is 11.4. The second-order valence-corrected chi connectivity index (χ2v) is 4.91. The first kappa shape index (κ1) is 12.0. The molecule has 4 heteroatoms. The Kier molecular flexibility index (Phi) is 3.95. The number of carbonyl (C=O) groups excluding carboxylic acids is 1. The van der Waals surface area contributed by atoms with Gasteiger partial charge in [0.1, 0.15) is 5.01 Å². The average Bonchev–Trinajstić information content (AvgIpc) is 2.19. The summed E-state index contributed by atoms with van der Waals surface area (Å²) in [6, 6.07) is 0. The molecule has 0 aromatic rings. The van der Waals surface area contributed by atoms with Crippen LogP contribution in [0.3, 0.4) is 0 Å². The molecule has 5 atom stereocenters. The van der Waals surface area contributed by atoms with E-state index in [1.807, 2.05) is 6.92 Å². The van der Waals surface area contributed by atoms with Gasteiger partial charge in [0.15, 0.2) is 6.10 Å². The summed E-state index contributed by atoms with van der Waals surface area (Å²) in [5.74, 6) is 0.773. The van der Waals surface area contributed by atoms with Crippen molar-refractivity contribution in [3.63, 3.8) is 0 Å². The predicted molar refractivity (Wildman–Crippen MR) is 57.1 cm³/mol. The third-order valence-corrected chi connectivity index (χ3v) is 4.31. The molecule has 0 bridgehead atoms. The van der Waals surface area contributed by atoms with Crippen LogP contribution in [0, 0.1) is 17.8 Å². The summed E-state index contributed by atoms with van der Waals surface area (Å²) in [4.78, 5) is 11.4.